The summed E-state index contributed by atoms with van der Waals surface area (Å²) in [5, 5.41) is 2.90. The number of nitrogens with one attached hydrogen (secondary N) is 1. The Bertz CT molecular complexity index is 571. The molecule has 0 aromatic heterocycles. The Morgan fingerprint density at radius 2 is 1.88 bits per heavy atom. The zero-order chi connectivity index (χ0) is 17.5. The van der Waals surface area contributed by atoms with Crippen LogP contribution in [0.5, 0.6) is 5.75 Å². The summed E-state index contributed by atoms with van der Waals surface area (Å²) in [6.45, 7) is 6.43. The molecule has 2 amide bonds. The lowest BCUT2D eigenvalue weighted by molar-refractivity contribution is -0.121. The van der Waals surface area contributed by atoms with E-state index >= 15 is 0 Å². The molecule has 1 aliphatic rings. The van der Waals surface area contributed by atoms with Crippen molar-refractivity contribution >= 4 is 17.7 Å². The van der Waals surface area contributed by atoms with Gasteiger partial charge in [-0.1, -0.05) is 12.1 Å². The lowest BCUT2D eigenvalue weighted by atomic mass is 10.2. The molecule has 1 atom stereocenters. The summed E-state index contributed by atoms with van der Waals surface area (Å²) in [4.78, 5) is 27.9. The highest BCUT2D eigenvalue weighted by atomic mass is 16.6. The van der Waals surface area contributed by atoms with Crippen LogP contribution < -0.4 is 10.1 Å². The molecule has 1 saturated heterocycles. The zero-order valence-corrected chi connectivity index (χ0v) is 14.4. The smallest absolute Gasteiger partial charge is 0.409 e. The van der Waals surface area contributed by atoms with Crippen LogP contribution in [0.1, 0.15) is 13.8 Å². The topological polar surface area (TPSA) is 71.1 Å². The first kappa shape index (κ1) is 18.1. The minimum absolute atomic E-state index is 0.0934. The average molecular weight is 335 g/mol. The van der Waals surface area contributed by atoms with E-state index in [1.807, 2.05) is 25.1 Å². The van der Waals surface area contributed by atoms with Gasteiger partial charge in [-0.15, -0.1) is 0 Å². The molecule has 1 unspecified atom stereocenters. The number of rotatable bonds is 5. The predicted molar refractivity (Wildman–Crippen MR) is 91.3 cm³/mol. The van der Waals surface area contributed by atoms with Gasteiger partial charge < -0.3 is 19.7 Å². The third kappa shape index (κ3) is 4.38. The van der Waals surface area contributed by atoms with Gasteiger partial charge in [-0.2, -0.15) is 0 Å². The SMILES string of the molecule is CCOC(=O)N1CCN(C(C)C(=O)Nc2ccccc2OC)CC1. The van der Waals surface area contributed by atoms with Gasteiger partial charge in [-0.05, 0) is 26.0 Å². The van der Waals surface area contributed by atoms with Gasteiger partial charge in [0.05, 0.1) is 25.4 Å². The van der Waals surface area contributed by atoms with Gasteiger partial charge in [-0.3, -0.25) is 9.69 Å². The van der Waals surface area contributed by atoms with Crippen molar-refractivity contribution < 1.29 is 19.1 Å². The monoisotopic (exact) mass is 335 g/mol. The first-order valence-corrected chi connectivity index (χ1v) is 8.16. The number of piperazine rings is 1. The highest BCUT2D eigenvalue weighted by Crippen LogP contribution is 2.23. The normalized spacial score (nSPS) is 16.4. The highest BCUT2D eigenvalue weighted by molar-refractivity contribution is 5.95. The van der Waals surface area contributed by atoms with Gasteiger partial charge in [0.1, 0.15) is 5.75 Å². The number of benzene rings is 1. The summed E-state index contributed by atoms with van der Waals surface area (Å²) in [5.74, 6) is 0.536. The summed E-state index contributed by atoms with van der Waals surface area (Å²) in [6.07, 6.45) is -0.289. The van der Waals surface area contributed by atoms with Gasteiger partial charge in [-0.25, -0.2) is 4.79 Å². The highest BCUT2D eigenvalue weighted by Gasteiger charge is 2.28. The number of anilines is 1. The van der Waals surface area contributed by atoms with E-state index < -0.39 is 0 Å². The van der Waals surface area contributed by atoms with E-state index in [-0.39, 0.29) is 18.0 Å². The van der Waals surface area contributed by atoms with Crippen LogP contribution in [0.3, 0.4) is 0 Å². The Labute approximate surface area is 142 Å². The van der Waals surface area contributed by atoms with Crippen molar-refractivity contribution in [3.63, 3.8) is 0 Å². The first-order valence-electron chi connectivity index (χ1n) is 8.16. The fraction of sp³-hybridized carbons (Fsp3) is 0.529. The zero-order valence-electron chi connectivity index (χ0n) is 14.4. The molecule has 7 nitrogen and oxygen atoms in total. The van der Waals surface area contributed by atoms with Gasteiger partial charge >= 0.3 is 6.09 Å². The van der Waals surface area contributed by atoms with Crippen LogP contribution >= 0.6 is 0 Å². The van der Waals surface area contributed by atoms with Crippen LogP contribution in [0.4, 0.5) is 10.5 Å². The second kappa shape index (κ2) is 8.54. The molecule has 1 aromatic carbocycles. The minimum Gasteiger partial charge on any atom is -0.495 e. The summed E-state index contributed by atoms with van der Waals surface area (Å²) < 4.78 is 10.3. The minimum atomic E-state index is -0.292. The van der Waals surface area contributed by atoms with Crippen LogP contribution in [-0.4, -0.2) is 67.7 Å². The fourth-order valence-electron chi connectivity index (χ4n) is 2.66. The fourth-order valence-corrected chi connectivity index (χ4v) is 2.66. The number of hydrogen-bond acceptors (Lipinski definition) is 5. The Kier molecular flexibility index (Phi) is 6.43. The molecule has 1 heterocycles. The largest absolute Gasteiger partial charge is 0.495 e. The molecule has 7 heteroatoms. The summed E-state index contributed by atoms with van der Waals surface area (Å²) in [6, 6.07) is 7.02. The third-order valence-corrected chi connectivity index (χ3v) is 4.13. The average Bonchev–Trinajstić information content (AvgIpc) is 2.61. The summed E-state index contributed by atoms with van der Waals surface area (Å²) >= 11 is 0. The van der Waals surface area contributed by atoms with E-state index in [2.05, 4.69) is 10.2 Å². The van der Waals surface area contributed by atoms with Gasteiger partial charge in [0, 0.05) is 26.2 Å². The van der Waals surface area contributed by atoms with E-state index in [0.29, 0.717) is 44.2 Å². The van der Waals surface area contributed by atoms with Crippen molar-refractivity contribution in [3.8, 4) is 5.75 Å². The second-order valence-electron chi connectivity index (χ2n) is 5.59. The van der Waals surface area contributed by atoms with Crippen molar-refractivity contribution in [1.29, 1.82) is 0 Å². The molecule has 132 valence electrons. The van der Waals surface area contributed by atoms with Crippen molar-refractivity contribution in [2.75, 3.05) is 45.2 Å². The molecule has 0 spiro atoms. The maximum Gasteiger partial charge on any atom is 0.409 e. The summed E-state index contributed by atoms with van der Waals surface area (Å²) in [7, 11) is 1.57. The van der Waals surface area contributed by atoms with Crippen LogP contribution in [0.25, 0.3) is 0 Å². The van der Waals surface area contributed by atoms with Gasteiger partial charge in [0.15, 0.2) is 0 Å². The molecule has 2 rings (SSSR count). The standard InChI is InChI=1S/C17H25N3O4/c1-4-24-17(22)20-11-9-19(10-12-20)13(2)16(21)18-14-7-5-6-8-15(14)23-3/h5-8,13H,4,9-12H2,1-3H3,(H,18,21). The Morgan fingerprint density at radius 1 is 1.21 bits per heavy atom. The van der Waals surface area contributed by atoms with E-state index in [9.17, 15) is 9.59 Å². The van der Waals surface area contributed by atoms with Crippen LogP contribution in [0, 0.1) is 0 Å². The number of hydrogen-bond donors (Lipinski definition) is 1. The molecule has 1 N–H and O–H groups in total. The van der Waals surface area contributed by atoms with E-state index in [0.717, 1.165) is 0 Å². The molecule has 1 fully saturated rings. The maximum absolute atomic E-state index is 12.5. The van der Waals surface area contributed by atoms with Crippen molar-refractivity contribution in [2.45, 2.75) is 19.9 Å². The molecule has 1 aromatic rings. The van der Waals surface area contributed by atoms with E-state index in [1.165, 1.54) is 0 Å². The van der Waals surface area contributed by atoms with Crippen molar-refractivity contribution in [2.24, 2.45) is 0 Å². The van der Waals surface area contributed by atoms with Crippen molar-refractivity contribution in [3.05, 3.63) is 24.3 Å². The lowest BCUT2D eigenvalue weighted by Crippen LogP contribution is -2.54. The molecule has 1 aliphatic heterocycles. The number of nitrogens with zero attached hydrogens (tertiary/aromatic N) is 2. The number of ether oxygens (including phenoxy) is 2. The third-order valence-electron chi connectivity index (χ3n) is 4.13. The molecule has 0 saturated carbocycles. The van der Waals surface area contributed by atoms with Gasteiger partial charge in [0.25, 0.3) is 0 Å². The molecule has 0 aliphatic carbocycles. The number of amides is 2. The second-order valence-corrected chi connectivity index (χ2v) is 5.59. The van der Waals surface area contributed by atoms with Crippen molar-refractivity contribution in [1.82, 2.24) is 9.80 Å². The number of para-hydroxylation sites is 2. The Hall–Kier alpha value is -2.28. The summed E-state index contributed by atoms with van der Waals surface area (Å²) in [5.41, 5.74) is 0.655. The van der Waals surface area contributed by atoms with E-state index in [4.69, 9.17) is 9.47 Å². The van der Waals surface area contributed by atoms with Crippen LogP contribution in [0.15, 0.2) is 24.3 Å². The van der Waals surface area contributed by atoms with Crippen LogP contribution in [0.2, 0.25) is 0 Å². The predicted octanol–water partition coefficient (Wildman–Crippen LogP) is 1.80. The van der Waals surface area contributed by atoms with Gasteiger partial charge in [0.2, 0.25) is 5.91 Å². The molecule has 0 bridgehead atoms. The van der Waals surface area contributed by atoms with E-state index in [1.54, 1.807) is 25.0 Å². The Morgan fingerprint density at radius 3 is 2.50 bits per heavy atom. The first-order chi connectivity index (χ1) is 11.6. The quantitative estimate of drug-likeness (QED) is 0.888. The Balaban J connectivity index is 1.89. The number of carbonyl (C=O) groups excluding carboxylic acids is 2. The molecule has 24 heavy (non-hydrogen) atoms. The molecule has 0 radical (unpaired) electrons. The molecular weight excluding hydrogens is 310 g/mol. The number of methoxy groups -OCH3 is 1. The maximum atomic E-state index is 12.5. The molecular formula is C17H25N3O4. The lowest BCUT2D eigenvalue weighted by Gasteiger charge is -2.36. The number of carbonyl (C=O) groups is 2. The van der Waals surface area contributed by atoms with Crippen LogP contribution in [-0.2, 0) is 9.53 Å².